The standard InChI is InChI=1S/C24H22ClN3O4/c1-13(2)31-20-9-8-15(11-19(20)25)23-26-22(27-32-23)18-7-5-6-17-16(10-14(3)24(29)30)12-28(4)21(17)18/h5-13H,1-4H3,(H,29,30). The Morgan fingerprint density at radius 2 is 2.06 bits per heavy atom. The molecule has 2 heterocycles. The highest BCUT2D eigenvalue weighted by atomic mass is 35.5. The molecule has 0 aliphatic heterocycles. The van der Waals surface area contributed by atoms with Crippen molar-refractivity contribution in [3.63, 3.8) is 0 Å². The van der Waals surface area contributed by atoms with Crippen molar-refractivity contribution < 1.29 is 19.2 Å². The predicted molar refractivity (Wildman–Crippen MR) is 124 cm³/mol. The Kier molecular flexibility index (Phi) is 5.76. The third kappa shape index (κ3) is 4.11. The van der Waals surface area contributed by atoms with E-state index in [2.05, 4.69) is 10.1 Å². The smallest absolute Gasteiger partial charge is 0.331 e. The Hall–Kier alpha value is -3.58. The molecule has 0 spiro atoms. The average molecular weight is 452 g/mol. The number of aromatic nitrogens is 3. The van der Waals surface area contributed by atoms with E-state index in [0.29, 0.717) is 28.1 Å². The molecule has 32 heavy (non-hydrogen) atoms. The Morgan fingerprint density at radius 1 is 1.28 bits per heavy atom. The van der Waals surface area contributed by atoms with Gasteiger partial charge >= 0.3 is 5.97 Å². The molecule has 4 aromatic rings. The van der Waals surface area contributed by atoms with E-state index in [-0.39, 0.29) is 11.7 Å². The fraction of sp³-hybridized carbons (Fsp3) is 0.208. The first-order chi connectivity index (χ1) is 15.2. The largest absolute Gasteiger partial charge is 0.489 e. The monoisotopic (exact) mass is 451 g/mol. The fourth-order valence-electron chi connectivity index (χ4n) is 3.52. The average Bonchev–Trinajstić information content (AvgIpc) is 3.35. The first kappa shape index (κ1) is 21.6. The van der Waals surface area contributed by atoms with E-state index in [4.69, 9.17) is 20.9 Å². The van der Waals surface area contributed by atoms with Gasteiger partial charge in [-0.3, -0.25) is 0 Å². The van der Waals surface area contributed by atoms with E-state index >= 15 is 0 Å². The predicted octanol–water partition coefficient (Wildman–Crippen LogP) is 5.82. The van der Waals surface area contributed by atoms with E-state index in [0.717, 1.165) is 22.0 Å². The van der Waals surface area contributed by atoms with Gasteiger partial charge in [-0.25, -0.2) is 4.79 Å². The van der Waals surface area contributed by atoms with Gasteiger partial charge in [0.05, 0.1) is 16.6 Å². The van der Waals surface area contributed by atoms with Gasteiger partial charge in [0.1, 0.15) is 5.75 Å². The van der Waals surface area contributed by atoms with Crippen molar-refractivity contribution in [3.8, 4) is 28.6 Å². The third-order valence-corrected chi connectivity index (χ3v) is 5.25. The summed E-state index contributed by atoms with van der Waals surface area (Å²) in [5, 5.41) is 14.8. The lowest BCUT2D eigenvalue weighted by atomic mass is 10.1. The molecule has 2 aromatic heterocycles. The highest BCUT2D eigenvalue weighted by molar-refractivity contribution is 6.32. The molecule has 0 saturated carbocycles. The number of halogens is 1. The lowest BCUT2D eigenvalue weighted by Crippen LogP contribution is -2.05. The minimum Gasteiger partial charge on any atom is -0.489 e. The van der Waals surface area contributed by atoms with Gasteiger partial charge in [-0.2, -0.15) is 4.98 Å². The minimum atomic E-state index is -0.954. The first-order valence-electron chi connectivity index (χ1n) is 10.0. The van der Waals surface area contributed by atoms with Crippen molar-refractivity contribution in [1.82, 2.24) is 14.7 Å². The van der Waals surface area contributed by atoms with Crippen LogP contribution in [0.25, 0.3) is 39.8 Å². The van der Waals surface area contributed by atoms with Gasteiger partial charge in [-0.1, -0.05) is 28.9 Å². The second kappa shape index (κ2) is 8.51. The number of carbonyl (C=O) groups is 1. The zero-order valence-corrected chi connectivity index (χ0v) is 18.8. The summed E-state index contributed by atoms with van der Waals surface area (Å²) in [7, 11) is 1.90. The van der Waals surface area contributed by atoms with Crippen LogP contribution in [-0.2, 0) is 11.8 Å². The number of fused-ring (bicyclic) bond motifs is 1. The van der Waals surface area contributed by atoms with Crippen molar-refractivity contribution in [3.05, 3.63) is 58.8 Å². The maximum atomic E-state index is 11.2. The Morgan fingerprint density at radius 3 is 2.75 bits per heavy atom. The minimum absolute atomic E-state index is 0.0122. The highest BCUT2D eigenvalue weighted by Gasteiger charge is 2.18. The zero-order chi connectivity index (χ0) is 23.0. The van der Waals surface area contributed by atoms with Crippen LogP contribution in [0.5, 0.6) is 5.75 Å². The van der Waals surface area contributed by atoms with Crippen molar-refractivity contribution in [1.29, 1.82) is 0 Å². The molecule has 7 nitrogen and oxygen atoms in total. The van der Waals surface area contributed by atoms with Gasteiger partial charge in [-0.15, -0.1) is 0 Å². The van der Waals surface area contributed by atoms with Gasteiger partial charge in [0.15, 0.2) is 0 Å². The quantitative estimate of drug-likeness (QED) is 0.371. The summed E-state index contributed by atoms with van der Waals surface area (Å²) < 4.78 is 13.1. The van der Waals surface area contributed by atoms with Crippen molar-refractivity contribution in [2.75, 3.05) is 0 Å². The number of rotatable bonds is 6. The van der Waals surface area contributed by atoms with Crippen LogP contribution in [0.15, 0.2) is 52.7 Å². The molecule has 0 fully saturated rings. The number of aliphatic carboxylic acids is 1. The fourth-order valence-corrected chi connectivity index (χ4v) is 3.75. The summed E-state index contributed by atoms with van der Waals surface area (Å²) in [5.74, 6) is 0.405. The Labute approximate surface area is 189 Å². The number of ether oxygens (including phenoxy) is 1. The molecule has 1 N–H and O–H groups in total. The second-order valence-corrected chi connectivity index (χ2v) is 8.17. The number of hydrogen-bond acceptors (Lipinski definition) is 5. The summed E-state index contributed by atoms with van der Waals surface area (Å²) in [6, 6.07) is 11.1. The number of carboxylic acids is 1. The summed E-state index contributed by atoms with van der Waals surface area (Å²) >= 11 is 6.35. The van der Waals surface area contributed by atoms with E-state index < -0.39 is 5.97 Å². The number of carboxylic acid groups (broad SMARTS) is 1. The van der Waals surface area contributed by atoms with Crippen LogP contribution in [-0.4, -0.2) is 31.9 Å². The highest BCUT2D eigenvalue weighted by Crippen LogP contribution is 2.34. The summed E-state index contributed by atoms with van der Waals surface area (Å²) in [4.78, 5) is 15.8. The number of nitrogens with zero attached hydrogens (tertiary/aromatic N) is 3. The Balaban J connectivity index is 1.74. The molecule has 164 valence electrons. The first-order valence-corrected chi connectivity index (χ1v) is 10.4. The van der Waals surface area contributed by atoms with Crippen molar-refractivity contribution >= 4 is 34.5 Å². The van der Waals surface area contributed by atoms with Crippen LogP contribution in [0.1, 0.15) is 26.3 Å². The van der Waals surface area contributed by atoms with E-state index in [1.165, 1.54) is 0 Å². The second-order valence-electron chi connectivity index (χ2n) is 7.76. The molecule has 0 radical (unpaired) electrons. The van der Waals surface area contributed by atoms with E-state index in [1.807, 2.05) is 55.9 Å². The van der Waals surface area contributed by atoms with Crippen molar-refractivity contribution in [2.24, 2.45) is 7.05 Å². The van der Waals surface area contributed by atoms with Gasteiger partial charge in [0, 0.05) is 40.9 Å². The van der Waals surface area contributed by atoms with E-state index in [9.17, 15) is 9.90 Å². The number of aryl methyl sites for hydroxylation is 1. The molecule has 0 unspecified atom stereocenters. The van der Waals surface area contributed by atoms with Crippen LogP contribution >= 0.6 is 11.6 Å². The number of hydrogen-bond donors (Lipinski definition) is 1. The number of benzene rings is 2. The maximum absolute atomic E-state index is 11.2. The van der Waals surface area contributed by atoms with Gasteiger partial charge in [0.2, 0.25) is 5.82 Å². The lowest BCUT2D eigenvalue weighted by molar-refractivity contribution is -0.132. The van der Waals surface area contributed by atoms with Crippen LogP contribution < -0.4 is 4.74 Å². The van der Waals surface area contributed by atoms with E-state index in [1.54, 1.807) is 25.1 Å². The molecule has 4 rings (SSSR count). The van der Waals surface area contributed by atoms with Crippen LogP contribution in [0.4, 0.5) is 0 Å². The molecule has 0 aliphatic carbocycles. The molecule has 0 saturated heterocycles. The molecule has 0 amide bonds. The summed E-state index contributed by atoms with van der Waals surface area (Å²) in [6.07, 6.45) is 3.55. The summed E-state index contributed by atoms with van der Waals surface area (Å²) in [6.45, 7) is 5.44. The maximum Gasteiger partial charge on any atom is 0.331 e. The van der Waals surface area contributed by atoms with Crippen molar-refractivity contribution in [2.45, 2.75) is 26.9 Å². The molecular formula is C24H22ClN3O4. The number of para-hydroxylation sites is 1. The molecule has 2 aromatic carbocycles. The molecule has 0 atom stereocenters. The Bertz CT molecular complexity index is 1350. The molecule has 8 heteroatoms. The summed E-state index contributed by atoms with van der Waals surface area (Å²) in [5.41, 5.74) is 3.40. The third-order valence-electron chi connectivity index (χ3n) is 4.95. The zero-order valence-electron chi connectivity index (χ0n) is 18.1. The van der Waals surface area contributed by atoms with Gasteiger partial charge < -0.3 is 18.9 Å². The van der Waals surface area contributed by atoms with Crippen LogP contribution in [0, 0.1) is 0 Å². The SMILES string of the molecule is CC(=Cc1cn(C)c2c(-c3noc(-c4ccc(OC(C)C)c(Cl)c4)n3)cccc12)C(=O)O. The lowest BCUT2D eigenvalue weighted by Gasteiger charge is -2.11. The van der Waals surface area contributed by atoms with Crippen LogP contribution in [0.3, 0.4) is 0 Å². The molecule has 0 bridgehead atoms. The normalized spacial score (nSPS) is 12.0. The van der Waals surface area contributed by atoms with Gasteiger partial charge in [0.25, 0.3) is 5.89 Å². The van der Waals surface area contributed by atoms with Crippen LogP contribution in [0.2, 0.25) is 5.02 Å². The molecular weight excluding hydrogens is 430 g/mol. The molecule has 0 aliphatic rings. The topological polar surface area (TPSA) is 90.4 Å². The van der Waals surface area contributed by atoms with Gasteiger partial charge in [-0.05, 0) is 51.1 Å².